The lowest BCUT2D eigenvalue weighted by molar-refractivity contribution is -0.118. The predicted molar refractivity (Wildman–Crippen MR) is 70.2 cm³/mol. The molecule has 1 unspecified atom stereocenters. The Bertz CT molecular complexity index is 382. The molecule has 0 bridgehead atoms. The summed E-state index contributed by atoms with van der Waals surface area (Å²) in [5.74, 6) is -0.339. The fourth-order valence-electron chi connectivity index (χ4n) is 2.06. The van der Waals surface area contributed by atoms with Gasteiger partial charge in [-0.1, -0.05) is 0 Å². The van der Waals surface area contributed by atoms with Crippen LogP contribution in [0, 0.1) is 0 Å². The molecule has 92 valence electrons. The largest absolute Gasteiger partial charge is 0.374 e. The van der Waals surface area contributed by atoms with Crippen LogP contribution in [0.15, 0.2) is 24.3 Å². The van der Waals surface area contributed by atoms with E-state index in [4.69, 9.17) is 5.73 Å². The molecule has 17 heavy (non-hydrogen) atoms. The van der Waals surface area contributed by atoms with Gasteiger partial charge in [0.15, 0.2) is 0 Å². The van der Waals surface area contributed by atoms with Gasteiger partial charge in [-0.25, -0.2) is 0 Å². The summed E-state index contributed by atoms with van der Waals surface area (Å²) in [5.41, 5.74) is 7.38. The van der Waals surface area contributed by atoms with Gasteiger partial charge in [-0.05, 0) is 44.0 Å². The molecule has 0 aliphatic carbocycles. The molecule has 3 N–H and O–H groups in total. The molecule has 1 aromatic rings. The Balaban J connectivity index is 2.00. The second-order valence-electron chi connectivity index (χ2n) is 4.51. The molecule has 0 saturated carbocycles. The third-order valence-electron chi connectivity index (χ3n) is 3.15. The van der Waals surface area contributed by atoms with E-state index in [1.807, 2.05) is 12.1 Å². The Morgan fingerprint density at radius 2 is 1.88 bits per heavy atom. The summed E-state index contributed by atoms with van der Waals surface area (Å²) in [6, 6.07) is 7.82. The second kappa shape index (κ2) is 5.08. The van der Waals surface area contributed by atoms with E-state index >= 15 is 0 Å². The molecular formula is C13H19N3O. The lowest BCUT2D eigenvalue weighted by Crippen LogP contribution is -2.32. The summed E-state index contributed by atoms with van der Waals surface area (Å²) in [5, 5.41) is 3.07. The molecule has 1 heterocycles. The zero-order chi connectivity index (χ0) is 12.3. The number of nitrogens with two attached hydrogens (primary N) is 1. The molecule has 1 aliphatic heterocycles. The molecule has 1 amide bonds. The number of nitrogens with zero attached hydrogens (tertiary/aromatic N) is 1. The Morgan fingerprint density at radius 3 is 2.41 bits per heavy atom. The van der Waals surface area contributed by atoms with Crippen LogP contribution in [0.4, 0.5) is 11.4 Å². The van der Waals surface area contributed by atoms with E-state index in [0.29, 0.717) is 0 Å². The van der Waals surface area contributed by atoms with Crippen LogP contribution in [0.2, 0.25) is 0 Å². The first-order valence-corrected chi connectivity index (χ1v) is 6.07. The molecule has 4 nitrogen and oxygen atoms in total. The number of primary amides is 1. The van der Waals surface area contributed by atoms with Gasteiger partial charge in [-0.3, -0.25) is 4.79 Å². The minimum Gasteiger partial charge on any atom is -0.374 e. The van der Waals surface area contributed by atoms with Gasteiger partial charge in [0, 0.05) is 24.5 Å². The fraction of sp³-hybridized carbons (Fsp3) is 0.462. The topological polar surface area (TPSA) is 58.4 Å². The van der Waals surface area contributed by atoms with Gasteiger partial charge >= 0.3 is 0 Å². The highest BCUT2D eigenvalue weighted by molar-refractivity contribution is 5.82. The van der Waals surface area contributed by atoms with E-state index in [2.05, 4.69) is 22.3 Å². The Hall–Kier alpha value is -1.71. The van der Waals surface area contributed by atoms with Crippen LogP contribution in [-0.2, 0) is 4.79 Å². The zero-order valence-corrected chi connectivity index (χ0v) is 10.1. The van der Waals surface area contributed by atoms with Gasteiger partial charge in [-0.15, -0.1) is 0 Å². The van der Waals surface area contributed by atoms with Crippen molar-refractivity contribution < 1.29 is 4.79 Å². The molecular weight excluding hydrogens is 214 g/mol. The van der Waals surface area contributed by atoms with Crippen LogP contribution in [0.5, 0.6) is 0 Å². The van der Waals surface area contributed by atoms with E-state index in [0.717, 1.165) is 18.8 Å². The smallest absolute Gasteiger partial charge is 0.239 e. The van der Waals surface area contributed by atoms with Crippen molar-refractivity contribution in [1.29, 1.82) is 0 Å². The number of carbonyl (C=O) groups excluding carboxylic acids is 1. The van der Waals surface area contributed by atoms with E-state index in [9.17, 15) is 4.79 Å². The number of amides is 1. The lowest BCUT2D eigenvalue weighted by atomic mass is 10.2. The molecule has 0 radical (unpaired) electrons. The fourth-order valence-corrected chi connectivity index (χ4v) is 2.06. The maximum absolute atomic E-state index is 10.9. The lowest BCUT2D eigenvalue weighted by Gasteiger charge is -2.18. The summed E-state index contributed by atoms with van der Waals surface area (Å²) in [7, 11) is 0. The summed E-state index contributed by atoms with van der Waals surface area (Å²) in [6.45, 7) is 4.05. The molecule has 0 spiro atoms. The van der Waals surface area contributed by atoms with Crippen molar-refractivity contribution >= 4 is 17.3 Å². The molecule has 0 aromatic heterocycles. The van der Waals surface area contributed by atoms with E-state index in [-0.39, 0.29) is 11.9 Å². The van der Waals surface area contributed by atoms with Gasteiger partial charge in [-0.2, -0.15) is 0 Å². The molecule has 1 atom stereocenters. The maximum Gasteiger partial charge on any atom is 0.239 e. The van der Waals surface area contributed by atoms with Crippen molar-refractivity contribution in [2.75, 3.05) is 23.3 Å². The molecule has 1 saturated heterocycles. The van der Waals surface area contributed by atoms with Crippen LogP contribution in [0.3, 0.4) is 0 Å². The van der Waals surface area contributed by atoms with Gasteiger partial charge in [0.25, 0.3) is 0 Å². The first-order chi connectivity index (χ1) is 8.16. The molecule has 1 aromatic carbocycles. The van der Waals surface area contributed by atoms with Crippen molar-refractivity contribution in [2.45, 2.75) is 25.8 Å². The minimum atomic E-state index is -0.340. The summed E-state index contributed by atoms with van der Waals surface area (Å²) in [4.78, 5) is 13.3. The number of hydrogen-bond acceptors (Lipinski definition) is 3. The first kappa shape index (κ1) is 11.8. The minimum absolute atomic E-state index is 0.339. The first-order valence-electron chi connectivity index (χ1n) is 6.07. The maximum atomic E-state index is 10.9. The highest BCUT2D eigenvalue weighted by Crippen LogP contribution is 2.22. The highest BCUT2D eigenvalue weighted by Gasteiger charge is 2.12. The zero-order valence-electron chi connectivity index (χ0n) is 10.1. The number of hydrogen-bond donors (Lipinski definition) is 2. The van der Waals surface area contributed by atoms with Crippen molar-refractivity contribution in [3.63, 3.8) is 0 Å². The quantitative estimate of drug-likeness (QED) is 0.830. The van der Waals surface area contributed by atoms with Crippen molar-refractivity contribution in [3.05, 3.63) is 24.3 Å². The molecule has 4 heteroatoms. The van der Waals surface area contributed by atoms with Crippen molar-refractivity contribution in [3.8, 4) is 0 Å². The Labute approximate surface area is 102 Å². The van der Waals surface area contributed by atoms with Crippen molar-refractivity contribution in [2.24, 2.45) is 5.73 Å². The van der Waals surface area contributed by atoms with Gasteiger partial charge in [0.05, 0.1) is 0 Å². The number of anilines is 2. The van der Waals surface area contributed by atoms with Crippen LogP contribution in [0.25, 0.3) is 0 Å². The summed E-state index contributed by atoms with van der Waals surface area (Å²) in [6.07, 6.45) is 2.55. The normalized spacial score (nSPS) is 16.9. The van der Waals surface area contributed by atoms with Crippen LogP contribution < -0.4 is 16.0 Å². The summed E-state index contributed by atoms with van der Waals surface area (Å²) < 4.78 is 0. The van der Waals surface area contributed by atoms with E-state index in [1.54, 1.807) is 6.92 Å². The van der Waals surface area contributed by atoms with Crippen LogP contribution in [0.1, 0.15) is 19.8 Å². The van der Waals surface area contributed by atoms with Gasteiger partial charge in [0.2, 0.25) is 5.91 Å². The molecule has 1 aliphatic rings. The highest BCUT2D eigenvalue weighted by atomic mass is 16.1. The number of benzene rings is 1. The number of carbonyl (C=O) groups is 1. The molecule has 2 rings (SSSR count). The van der Waals surface area contributed by atoms with Crippen molar-refractivity contribution in [1.82, 2.24) is 0 Å². The van der Waals surface area contributed by atoms with Gasteiger partial charge in [0.1, 0.15) is 6.04 Å². The standard InChI is InChI=1S/C13H19N3O/c1-10(13(14)17)15-11-4-6-12(7-5-11)16-8-2-3-9-16/h4-7,10,15H,2-3,8-9H2,1H3,(H2,14,17). The van der Waals surface area contributed by atoms with E-state index in [1.165, 1.54) is 18.5 Å². The summed E-state index contributed by atoms with van der Waals surface area (Å²) >= 11 is 0. The van der Waals surface area contributed by atoms with Crippen LogP contribution >= 0.6 is 0 Å². The monoisotopic (exact) mass is 233 g/mol. The van der Waals surface area contributed by atoms with Gasteiger partial charge < -0.3 is 16.0 Å². The molecule has 1 fully saturated rings. The second-order valence-corrected chi connectivity index (χ2v) is 4.51. The Morgan fingerprint density at radius 1 is 1.29 bits per heavy atom. The number of nitrogens with one attached hydrogen (secondary N) is 1. The SMILES string of the molecule is CC(Nc1ccc(N2CCCC2)cc1)C(N)=O. The average molecular weight is 233 g/mol. The number of rotatable bonds is 4. The van der Waals surface area contributed by atoms with Crippen LogP contribution in [-0.4, -0.2) is 25.0 Å². The van der Waals surface area contributed by atoms with E-state index < -0.39 is 0 Å². The third kappa shape index (κ3) is 2.90. The third-order valence-corrected chi connectivity index (χ3v) is 3.15. The average Bonchev–Trinajstić information content (AvgIpc) is 2.83. The Kier molecular flexibility index (Phi) is 3.52. The predicted octanol–water partition coefficient (Wildman–Crippen LogP) is 1.57.